The molecule has 1 heterocycles. The van der Waals surface area contributed by atoms with E-state index in [1.807, 2.05) is 0 Å². The van der Waals surface area contributed by atoms with E-state index in [2.05, 4.69) is 10.2 Å². The van der Waals surface area contributed by atoms with Gasteiger partial charge in [0.05, 0.1) is 0 Å². The molecule has 0 atom stereocenters. The Morgan fingerprint density at radius 2 is 1.90 bits per heavy atom. The van der Waals surface area contributed by atoms with E-state index in [1.54, 1.807) is 6.92 Å². The average Bonchev–Trinajstić information content (AvgIpc) is 2.72. The van der Waals surface area contributed by atoms with Gasteiger partial charge >= 0.3 is 12.1 Å². The van der Waals surface area contributed by atoms with Crippen molar-refractivity contribution in [1.29, 1.82) is 0 Å². The molecule has 8 heteroatoms. The van der Waals surface area contributed by atoms with Gasteiger partial charge in [0, 0.05) is 36.8 Å². The molecular formula is C13H17F3N2O3. The van der Waals surface area contributed by atoms with E-state index in [9.17, 15) is 22.8 Å². The highest BCUT2D eigenvalue weighted by atomic mass is 19.4. The van der Waals surface area contributed by atoms with Crippen LogP contribution >= 0.6 is 0 Å². The lowest BCUT2D eigenvalue weighted by atomic mass is 10.1. The van der Waals surface area contributed by atoms with Gasteiger partial charge in [0.1, 0.15) is 0 Å². The molecule has 0 bridgehead atoms. The second-order valence-electron chi connectivity index (χ2n) is 5.25. The smallest absolute Gasteiger partial charge is 0.385 e. The third kappa shape index (κ3) is 3.96. The van der Waals surface area contributed by atoms with Crippen LogP contribution in [-0.4, -0.2) is 42.1 Å². The van der Waals surface area contributed by atoms with Gasteiger partial charge in [-0.2, -0.15) is 13.2 Å². The maximum absolute atomic E-state index is 12.1. The third-order valence-electron chi connectivity index (χ3n) is 3.75. The fourth-order valence-corrected chi connectivity index (χ4v) is 2.47. The fraction of sp³-hybridized carbons (Fsp3) is 0.692. The first-order valence-electron chi connectivity index (χ1n) is 6.81. The molecule has 2 aliphatic rings. The number of carbonyl (C=O) groups excluding carboxylic acids is 2. The molecule has 0 aromatic carbocycles. The molecule has 0 amide bonds. The van der Waals surface area contributed by atoms with E-state index in [0.29, 0.717) is 25.7 Å². The second kappa shape index (κ2) is 6.05. The van der Waals surface area contributed by atoms with Crippen molar-refractivity contribution in [2.24, 2.45) is 0 Å². The number of hydroxylamine groups is 2. The summed E-state index contributed by atoms with van der Waals surface area (Å²) in [6.45, 7) is 2.25. The zero-order valence-corrected chi connectivity index (χ0v) is 11.6. The average molecular weight is 306 g/mol. The number of rotatable bonds is 3. The van der Waals surface area contributed by atoms with Gasteiger partial charge in [-0.15, -0.1) is 5.06 Å². The van der Waals surface area contributed by atoms with Gasteiger partial charge in [-0.1, -0.05) is 0 Å². The van der Waals surface area contributed by atoms with Crippen LogP contribution in [0.4, 0.5) is 13.2 Å². The zero-order valence-electron chi connectivity index (χ0n) is 11.6. The van der Waals surface area contributed by atoms with Gasteiger partial charge in [-0.3, -0.25) is 4.79 Å². The predicted octanol–water partition coefficient (Wildman–Crippen LogP) is 1.70. The highest BCUT2D eigenvalue weighted by Crippen LogP contribution is 2.23. The SMILES string of the molecule is CC1=C(NC2CCN(OC(=O)C(F)(F)F)CC2)CCC1=O. The van der Waals surface area contributed by atoms with Crippen molar-refractivity contribution in [3.8, 4) is 0 Å². The van der Waals surface area contributed by atoms with Crippen molar-refractivity contribution in [2.45, 2.75) is 44.8 Å². The van der Waals surface area contributed by atoms with Crippen molar-refractivity contribution in [2.75, 3.05) is 13.1 Å². The van der Waals surface area contributed by atoms with E-state index >= 15 is 0 Å². The van der Waals surface area contributed by atoms with Gasteiger partial charge < -0.3 is 10.2 Å². The number of alkyl halides is 3. The van der Waals surface area contributed by atoms with Crippen molar-refractivity contribution < 1.29 is 27.6 Å². The molecule has 1 fully saturated rings. The Balaban J connectivity index is 1.79. The maximum atomic E-state index is 12.1. The number of carbonyl (C=O) groups is 2. The summed E-state index contributed by atoms with van der Waals surface area (Å²) in [5.74, 6) is -2.05. The lowest BCUT2D eigenvalue weighted by Gasteiger charge is -2.31. The third-order valence-corrected chi connectivity index (χ3v) is 3.75. The molecule has 0 unspecified atom stereocenters. The predicted molar refractivity (Wildman–Crippen MR) is 66.8 cm³/mol. The van der Waals surface area contributed by atoms with E-state index in [4.69, 9.17) is 0 Å². The maximum Gasteiger partial charge on any atom is 0.492 e. The van der Waals surface area contributed by atoms with Gasteiger partial charge in [0.2, 0.25) is 0 Å². The second-order valence-corrected chi connectivity index (χ2v) is 5.25. The minimum absolute atomic E-state index is 0.0849. The highest BCUT2D eigenvalue weighted by Gasteiger charge is 2.43. The number of halogens is 3. The number of nitrogens with zero attached hydrogens (tertiary/aromatic N) is 1. The number of Topliss-reactive ketones (excluding diaryl/α,β-unsaturated/α-hetero) is 1. The summed E-state index contributed by atoms with van der Waals surface area (Å²) < 4.78 is 36.2. The van der Waals surface area contributed by atoms with Crippen molar-refractivity contribution >= 4 is 11.8 Å². The number of ketones is 1. The summed E-state index contributed by atoms with van der Waals surface area (Å²) in [6, 6.07) is 0.0849. The van der Waals surface area contributed by atoms with Gasteiger partial charge in [-0.05, 0) is 26.2 Å². The Kier molecular flexibility index (Phi) is 4.55. The van der Waals surface area contributed by atoms with Crippen LogP contribution in [-0.2, 0) is 14.4 Å². The Labute approximate surface area is 120 Å². The zero-order chi connectivity index (χ0) is 15.6. The first-order chi connectivity index (χ1) is 9.77. The number of hydrogen-bond donors (Lipinski definition) is 1. The summed E-state index contributed by atoms with van der Waals surface area (Å²) in [5.41, 5.74) is 1.66. The van der Waals surface area contributed by atoms with Crippen molar-refractivity contribution in [1.82, 2.24) is 10.4 Å². The lowest BCUT2D eigenvalue weighted by molar-refractivity contribution is -0.241. The largest absolute Gasteiger partial charge is 0.492 e. The van der Waals surface area contributed by atoms with E-state index in [-0.39, 0.29) is 24.9 Å². The molecule has 1 aliphatic carbocycles. The first kappa shape index (κ1) is 15.8. The summed E-state index contributed by atoms with van der Waals surface area (Å²) in [7, 11) is 0. The van der Waals surface area contributed by atoms with E-state index in [0.717, 1.165) is 16.3 Å². The van der Waals surface area contributed by atoms with Gasteiger partial charge in [0.15, 0.2) is 5.78 Å². The minimum atomic E-state index is -4.97. The van der Waals surface area contributed by atoms with Crippen molar-refractivity contribution in [3.63, 3.8) is 0 Å². The molecule has 0 spiro atoms. The standard InChI is InChI=1S/C13H17F3N2O3/c1-8-10(2-3-11(8)19)17-9-4-6-18(7-5-9)21-12(20)13(14,15)16/h9,17H,2-7H2,1H3. The summed E-state index contributed by atoms with van der Waals surface area (Å²) in [4.78, 5) is 26.4. The Morgan fingerprint density at radius 1 is 1.29 bits per heavy atom. The summed E-state index contributed by atoms with van der Waals surface area (Å²) >= 11 is 0. The van der Waals surface area contributed by atoms with Gasteiger partial charge in [-0.25, -0.2) is 4.79 Å². The molecule has 0 saturated carbocycles. The quantitative estimate of drug-likeness (QED) is 0.860. The van der Waals surface area contributed by atoms with E-state index in [1.165, 1.54) is 0 Å². The van der Waals surface area contributed by atoms with Crippen LogP contribution < -0.4 is 5.32 Å². The number of allylic oxidation sites excluding steroid dienone is 2. The number of nitrogens with one attached hydrogen (secondary N) is 1. The monoisotopic (exact) mass is 306 g/mol. The van der Waals surface area contributed by atoms with Crippen LogP contribution in [0.1, 0.15) is 32.6 Å². The molecule has 1 aliphatic heterocycles. The van der Waals surface area contributed by atoms with Crippen LogP contribution in [0.5, 0.6) is 0 Å². The molecular weight excluding hydrogens is 289 g/mol. The fourth-order valence-electron chi connectivity index (χ4n) is 2.47. The van der Waals surface area contributed by atoms with E-state index < -0.39 is 12.1 Å². The Hall–Kier alpha value is -1.57. The molecule has 1 saturated heterocycles. The highest BCUT2D eigenvalue weighted by molar-refractivity contribution is 5.97. The molecule has 1 N–H and O–H groups in total. The van der Waals surface area contributed by atoms with Gasteiger partial charge in [0.25, 0.3) is 0 Å². The van der Waals surface area contributed by atoms with Crippen LogP contribution in [0, 0.1) is 0 Å². The minimum Gasteiger partial charge on any atom is -0.385 e. The molecule has 2 rings (SSSR count). The van der Waals surface area contributed by atoms with Crippen LogP contribution in [0.25, 0.3) is 0 Å². The van der Waals surface area contributed by atoms with Crippen molar-refractivity contribution in [3.05, 3.63) is 11.3 Å². The molecule has 0 radical (unpaired) electrons. The molecule has 118 valence electrons. The normalized spacial score (nSPS) is 21.8. The Morgan fingerprint density at radius 3 is 2.38 bits per heavy atom. The topological polar surface area (TPSA) is 58.6 Å². The van der Waals surface area contributed by atoms with Crippen LogP contribution in [0.2, 0.25) is 0 Å². The van der Waals surface area contributed by atoms with Crippen LogP contribution in [0.3, 0.4) is 0 Å². The number of piperidine rings is 1. The number of hydrogen-bond acceptors (Lipinski definition) is 5. The summed E-state index contributed by atoms with van der Waals surface area (Å²) in [5, 5.41) is 4.31. The first-order valence-corrected chi connectivity index (χ1v) is 6.81. The summed E-state index contributed by atoms with van der Waals surface area (Å²) in [6.07, 6.45) is -2.67. The molecule has 5 nitrogen and oxygen atoms in total. The molecule has 0 aromatic rings. The lowest BCUT2D eigenvalue weighted by Crippen LogP contribution is -2.44. The Bertz CT molecular complexity index is 466. The molecule has 21 heavy (non-hydrogen) atoms. The van der Waals surface area contributed by atoms with Crippen LogP contribution in [0.15, 0.2) is 11.3 Å². The molecule has 0 aromatic heterocycles.